The lowest BCUT2D eigenvalue weighted by molar-refractivity contribution is -0.128. The topological polar surface area (TPSA) is 58.1 Å². The second kappa shape index (κ2) is 6.84. The van der Waals surface area contributed by atoms with Gasteiger partial charge in [0.25, 0.3) is 0 Å². The van der Waals surface area contributed by atoms with Crippen LogP contribution in [0.1, 0.15) is 45.2 Å². The molecule has 1 N–H and O–H groups in total. The Labute approximate surface area is 118 Å². The van der Waals surface area contributed by atoms with Crippen LogP contribution < -0.4 is 5.32 Å². The van der Waals surface area contributed by atoms with Crippen LogP contribution in [-0.4, -0.2) is 33.5 Å². The van der Waals surface area contributed by atoms with Crippen LogP contribution in [-0.2, 0) is 11.3 Å². The predicted molar refractivity (Wildman–Crippen MR) is 77.1 cm³/mol. The van der Waals surface area contributed by atoms with Gasteiger partial charge in [-0.3, -0.25) is 4.79 Å². The molecule has 0 aromatic carbocycles. The molecule has 1 aromatic heterocycles. The van der Waals surface area contributed by atoms with Gasteiger partial charge in [-0.05, 0) is 18.8 Å². The van der Waals surface area contributed by atoms with Gasteiger partial charge in [0.15, 0.2) is 0 Å². The van der Waals surface area contributed by atoms with Gasteiger partial charge >= 0.3 is 0 Å². The minimum absolute atomic E-state index is 0.257. The third-order valence-corrected chi connectivity index (χ3v) is 4.15. The number of nitrogens with zero attached hydrogens (tertiary/aromatic N) is 3. The number of aromatic nitrogens is 2. The summed E-state index contributed by atoms with van der Waals surface area (Å²) in [4.78, 5) is 13.9. The van der Waals surface area contributed by atoms with Crippen molar-refractivity contribution in [1.82, 2.24) is 14.5 Å². The van der Waals surface area contributed by atoms with Crippen LogP contribution in [0, 0.1) is 5.92 Å². The molecule has 1 aliphatic rings. The summed E-state index contributed by atoms with van der Waals surface area (Å²) in [5, 5.41) is 8.48. The number of hydrogen-bond acceptors (Lipinski definition) is 5. The minimum atomic E-state index is 0.257. The molecule has 1 unspecified atom stereocenters. The third-order valence-electron chi connectivity index (χ3n) is 3.42. The molecule has 0 radical (unpaired) electrons. The highest BCUT2D eigenvalue weighted by atomic mass is 32.1. The van der Waals surface area contributed by atoms with Crippen LogP contribution in [0.2, 0.25) is 0 Å². The Kier molecular flexibility index (Phi) is 5.13. The number of nitrogens with one attached hydrogen (secondary N) is 1. The average molecular weight is 282 g/mol. The molecule has 19 heavy (non-hydrogen) atoms. The largest absolute Gasteiger partial charge is 0.374 e. The lowest BCUT2D eigenvalue weighted by Crippen LogP contribution is -2.25. The van der Waals surface area contributed by atoms with Gasteiger partial charge in [-0.25, -0.2) is 0 Å². The summed E-state index contributed by atoms with van der Waals surface area (Å²) in [6.45, 7) is 6.69. The monoisotopic (exact) mass is 282 g/mol. The predicted octanol–water partition coefficient (Wildman–Crippen LogP) is 2.51. The SMILES string of the molecule is CCCNc1snnc1CN1CC(CCC)CC1=O. The van der Waals surface area contributed by atoms with Gasteiger partial charge in [-0.2, -0.15) is 0 Å². The Morgan fingerprint density at radius 1 is 1.42 bits per heavy atom. The molecule has 1 atom stereocenters. The molecule has 2 rings (SSSR count). The van der Waals surface area contributed by atoms with Gasteiger partial charge in [0, 0.05) is 31.0 Å². The fourth-order valence-electron chi connectivity index (χ4n) is 2.47. The van der Waals surface area contributed by atoms with E-state index in [2.05, 4.69) is 28.8 Å². The Balaban J connectivity index is 1.94. The van der Waals surface area contributed by atoms with Crippen molar-refractivity contribution in [3.05, 3.63) is 5.69 Å². The maximum atomic E-state index is 12.0. The minimum Gasteiger partial charge on any atom is -0.374 e. The number of anilines is 1. The highest BCUT2D eigenvalue weighted by Gasteiger charge is 2.29. The molecule has 0 aliphatic carbocycles. The van der Waals surface area contributed by atoms with Crippen molar-refractivity contribution in [2.24, 2.45) is 5.92 Å². The van der Waals surface area contributed by atoms with Crippen LogP contribution >= 0.6 is 11.5 Å². The number of amides is 1. The van der Waals surface area contributed by atoms with E-state index in [0.717, 1.165) is 43.0 Å². The van der Waals surface area contributed by atoms with Gasteiger partial charge in [0.05, 0.1) is 6.54 Å². The summed E-state index contributed by atoms with van der Waals surface area (Å²) in [6, 6.07) is 0. The zero-order valence-electron chi connectivity index (χ0n) is 11.7. The Morgan fingerprint density at radius 2 is 2.26 bits per heavy atom. The second-order valence-corrected chi connectivity index (χ2v) is 5.86. The normalized spacial score (nSPS) is 19.2. The number of carbonyl (C=O) groups is 1. The van der Waals surface area contributed by atoms with Crippen LogP contribution in [0.15, 0.2) is 0 Å². The smallest absolute Gasteiger partial charge is 0.223 e. The van der Waals surface area contributed by atoms with Crippen molar-refractivity contribution < 1.29 is 4.79 Å². The third kappa shape index (κ3) is 3.65. The number of hydrogen-bond donors (Lipinski definition) is 1. The maximum absolute atomic E-state index is 12.0. The summed E-state index contributed by atoms with van der Waals surface area (Å²) >= 11 is 1.37. The van der Waals surface area contributed by atoms with Crippen molar-refractivity contribution in [3.8, 4) is 0 Å². The molecule has 0 spiro atoms. The fourth-order valence-corrected chi connectivity index (χ4v) is 3.07. The zero-order chi connectivity index (χ0) is 13.7. The van der Waals surface area contributed by atoms with E-state index in [1.807, 2.05) is 4.90 Å². The van der Waals surface area contributed by atoms with E-state index in [9.17, 15) is 4.79 Å². The Morgan fingerprint density at radius 3 is 3.00 bits per heavy atom. The van der Waals surface area contributed by atoms with Crippen molar-refractivity contribution >= 4 is 22.4 Å². The lowest BCUT2D eigenvalue weighted by atomic mass is 10.0. The first-order chi connectivity index (χ1) is 9.24. The molecule has 1 saturated heterocycles. The van der Waals surface area contributed by atoms with Gasteiger partial charge in [0.1, 0.15) is 10.7 Å². The molecule has 5 nitrogen and oxygen atoms in total. The number of carbonyl (C=O) groups excluding carboxylic acids is 1. The summed E-state index contributed by atoms with van der Waals surface area (Å²) in [5.41, 5.74) is 0.906. The van der Waals surface area contributed by atoms with Gasteiger partial charge in [-0.15, -0.1) is 5.10 Å². The Hall–Kier alpha value is -1.17. The average Bonchev–Trinajstić information content (AvgIpc) is 2.96. The standard InChI is InChI=1S/C13H22N4OS/c1-3-5-10-7-12(18)17(8-10)9-11-13(14-6-4-2)19-16-15-11/h10,14H,3-9H2,1-2H3. The van der Waals surface area contributed by atoms with Gasteiger partial charge < -0.3 is 10.2 Å². The molecule has 1 fully saturated rings. The molecule has 0 bridgehead atoms. The molecule has 106 valence electrons. The Bertz CT molecular complexity index is 421. The van der Waals surface area contributed by atoms with Gasteiger partial charge in [0.2, 0.25) is 5.91 Å². The quantitative estimate of drug-likeness (QED) is 0.835. The van der Waals surface area contributed by atoms with Crippen LogP contribution in [0.3, 0.4) is 0 Å². The van der Waals surface area contributed by atoms with E-state index in [1.165, 1.54) is 11.5 Å². The van der Waals surface area contributed by atoms with Crippen LogP contribution in [0.4, 0.5) is 5.00 Å². The van der Waals surface area contributed by atoms with Crippen LogP contribution in [0.5, 0.6) is 0 Å². The van der Waals surface area contributed by atoms with E-state index >= 15 is 0 Å². The van der Waals surface area contributed by atoms with E-state index in [1.54, 1.807) is 0 Å². The van der Waals surface area contributed by atoms with Crippen LogP contribution in [0.25, 0.3) is 0 Å². The zero-order valence-corrected chi connectivity index (χ0v) is 12.5. The summed E-state index contributed by atoms with van der Waals surface area (Å²) in [7, 11) is 0. The van der Waals surface area contributed by atoms with Crippen molar-refractivity contribution in [3.63, 3.8) is 0 Å². The lowest BCUT2D eigenvalue weighted by Gasteiger charge is -2.15. The molecule has 1 aliphatic heterocycles. The summed E-state index contributed by atoms with van der Waals surface area (Å²) in [5.74, 6) is 0.782. The van der Waals surface area contributed by atoms with E-state index in [4.69, 9.17) is 0 Å². The summed E-state index contributed by atoms with van der Waals surface area (Å²) in [6.07, 6.45) is 4.05. The van der Waals surface area contributed by atoms with Gasteiger partial charge in [-0.1, -0.05) is 24.8 Å². The van der Waals surface area contributed by atoms with Crippen molar-refractivity contribution in [2.75, 3.05) is 18.4 Å². The van der Waals surface area contributed by atoms with E-state index in [0.29, 0.717) is 18.9 Å². The number of rotatable bonds is 7. The van der Waals surface area contributed by atoms with Crippen molar-refractivity contribution in [1.29, 1.82) is 0 Å². The fraction of sp³-hybridized carbons (Fsp3) is 0.769. The first kappa shape index (κ1) is 14.2. The molecule has 1 aromatic rings. The van der Waals surface area contributed by atoms with E-state index in [-0.39, 0.29) is 5.91 Å². The van der Waals surface area contributed by atoms with E-state index < -0.39 is 0 Å². The maximum Gasteiger partial charge on any atom is 0.223 e. The molecule has 6 heteroatoms. The highest BCUT2D eigenvalue weighted by molar-refractivity contribution is 7.10. The number of likely N-dealkylation sites (tertiary alicyclic amines) is 1. The molecular weight excluding hydrogens is 260 g/mol. The second-order valence-electron chi connectivity index (χ2n) is 5.11. The molecule has 0 saturated carbocycles. The molecule has 1 amide bonds. The molecule has 2 heterocycles. The summed E-state index contributed by atoms with van der Waals surface area (Å²) < 4.78 is 3.99. The first-order valence-corrected chi connectivity index (χ1v) is 7.84. The van der Waals surface area contributed by atoms with Crippen molar-refractivity contribution in [2.45, 2.75) is 46.1 Å². The first-order valence-electron chi connectivity index (χ1n) is 7.07. The molecular formula is C13H22N4OS. The highest BCUT2D eigenvalue weighted by Crippen LogP contribution is 2.26.